The minimum atomic E-state index is 0.568. The molecule has 1 saturated heterocycles. The molecule has 0 saturated carbocycles. The molecule has 0 radical (unpaired) electrons. The van der Waals surface area contributed by atoms with Gasteiger partial charge in [-0.2, -0.15) is 0 Å². The van der Waals surface area contributed by atoms with Crippen LogP contribution in [0.5, 0.6) is 0 Å². The van der Waals surface area contributed by atoms with Crippen molar-refractivity contribution in [3.05, 3.63) is 35.9 Å². The third-order valence-corrected chi connectivity index (χ3v) is 3.56. The van der Waals surface area contributed by atoms with Gasteiger partial charge in [0.15, 0.2) is 0 Å². The van der Waals surface area contributed by atoms with Crippen molar-refractivity contribution in [1.82, 2.24) is 0 Å². The Morgan fingerprint density at radius 3 is 2.69 bits per heavy atom. The molecule has 1 aromatic rings. The van der Waals surface area contributed by atoms with Gasteiger partial charge in [-0.05, 0) is 24.3 Å². The van der Waals surface area contributed by atoms with Crippen molar-refractivity contribution in [1.29, 1.82) is 0 Å². The summed E-state index contributed by atoms with van der Waals surface area (Å²) in [6.45, 7) is 0.952. The van der Waals surface area contributed by atoms with Gasteiger partial charge in [0.1, 0.15) is 0 Å². The van der Waals surface area contributed by atoms with Crippen LogP contribution < -0.4 is 0 Å². The highest BCUT2D eigenvalue weighted by atomic mass is 28.1. The summed E-state index contributed by atoms with van der Waals surface area (Å²) in [6.07, 6.45) is 2.43. The Labute approximate surface area is 82.5 Å². The van der Waals surface area contributed by atoms with Crippen LogP contribution in [0.1, 0.15) is 24.3 Å². The molecular weight excluding hydrogens is 176 g/mol. The van der Waals surface area contributed by atoms with Crippen molar-refractivity contribution in [2.45, 2.75) is 24.5 Å². The summed E-state index contributed by atoms with van der Waals surface area (Å²) >= 11 is 0. The van der Waals surface area contributed by atoms with E-state index in [1.807, 2.05) is 0 Å². The summed E-state index contributed by atoms with van der Waals surface area (Å²) in [4.78, 5) is 0. The highest BCUT2D eigenvalue weighted by Crippen LogP contribution is 2.28. The second kappa shape index (κ2) is 4.07. The lowest BCUT2D eigenvalue weighted by molar-refractivity contribution is 0.0566. The van der Waals surface area contributed by atoms with Crippen LogP contribution in [0.2, 0.25) is 0 Å². The molecule has 2 rings (SSSR count). The highest BCUT2D eigenvalue weighted by molar-refractivity contribution is 6.11. The Balaban J connectivity index is 2.08. The molecule has 1 heterocycles. The summed E-state index contributed by atoms with van der Waals surface area (Å²) in [5.41, 5.74) is 2.06. The first kappa shape index (κ1) is 8.97. The standard InChI is InChI=1S/C11H16OSi/c13-11-8-10(6-7-12-11)9-4-2-1-3-5-9/h1-5,10-11H,6-8H2,13H3. The maximum Gasteiger partial charge on any atom is 0.0470 e. The fraction of sp³-hybridized carbons (Fsp3) is 0.455. The molecule has 13 heavy (non-hydrogen) atoms. The fourth-order valence-corrected chi connectivity index (χ4v) is 2.83. The molecule has 1 aliphatic rings. The molecule has 0 aromatic heterocycles. The predicted molar refractivity (Wildman–Crippen MR) is 58.1 cm³/mol. The monoisotopic (exact) mass is 192 g/mol. The summed E-state index contributed by atoms with van der Waals surface area (Å²) in [5.74, 6) is 0.748. The van der Waals surface area contributed by atoms with Crippen LogP contribution >= 0.6 is 0 Å². The van der Waals surface area contributed by atoms with E-state index in [1.165, 1.54) is 28.6 Å². The van der Waals surface area contributed by atoms with E-state index in [0.29, 0.717) is 5.73 Å². The lowest BCUT2D eigenvalue weighted by Crippen LogP contribution is -2.24. The van der Waals surface area contributed by atoms with Gasteiger partial charge in [-0.15, -0.1) is 0 Å². The van der Waals surface area contributed by atoms with Crippen LogP contribution in [0, 0.1) is 0 Å². The minimum absolute atomic E-state index is 0.568. The number of rotatable bonds is 1. The van der Waals surface area contributed by atoms with E-state index < -0.39 is 0 Å². The first-order chi connectivity index (χ1) is 6.36. The van der Waals surface area contributed by atoms with E-state index in [-0.39, 0.29) is 0 Å². The first-order valence-corrected chi connectivity index (χ1v) is 6.18. The number of hydrogen-bond acceptors (Lipinski definition) is 1. The molecule has 2 unspecified atom stereocenters. The summed E-state index contributed by atoms with van der Waals surface area (Å²) in [6, 6.07) is 10.8. The van der Waals surface area contributed by atoms with Gasteiger partial charge in [-0.3, -0.25) is 0 Å². The van der Waals surface area contributed by atoms with Crippen LogP contribution in [0.4, 0.5) is 0 Å². The van der Waals surface area contributed by atoms with Gasteiger partial charge in [-0.25, -0.2) is 0 Å². The molecule has 1 fully saturated rings. The quantitative estimate of drug-likeness (QED) is 0.609. The van der Waals surface area contributed by atoms with Crippen molar-refractivity contribution < 1.29 is 4.74 Å². The molecule has 1 nitrogen and oxygen atoms in total. The van der Waals surface area contributed by atoms with Gasteiger partial charge in [-0.1, -0.05) is 30.3 Å². The van der Waals surface area contributed by atoms with Gasteiger partial charge in [0.25, 0.3) is 0 Å². The predicted octanol–water partition coefficient (Wildman–Crippen LogP) is 1.27. The van der Waals surface area contributed by atoms with E-state index in [4.69, 9.17) is 4.74 Å². The molecule has 0 N–H and O–H groups in total. The van der Waals surface area contributed by atoms with Gasteiger partial charge < -0.3 is 4.74 Å². The van der Waals surface area contributed by atoms with Gasteiger partial charge in [0.2, 0.25) is 0 Å². The molecule has 2 heteroatoms. The molecule has 1 aromatic carbocycles. The van der Waals surface area contributed by atoms with Crippen molar-refractivity contribution >= 4 is 10.2 Å². The van der Waals surface area contributed by atoms with Crippen LogP contribution in [0.15, 0.2) is 30.3 Å². The van der Waals surface area contributed by atoms with E-state index in [1.54, 1.807) is 0 Å². The largest absolute Gasteiger partial charge is 0.383 e. The number of hydrogen-bond donors (Lipinski definition) is 0. The van der Waals surface area contributed by atoms with Crippen LogP contribution in [-0.2, 0) is 4.74 Å². The highest BCUT2D eigenvalue weighted by Gasteiger charge is 2.19. The lowest BCUT2D eigenvalue weighted by Gasteiger charge is -2.27. The Kier molecular flexibility index (Phi) is 2.81. The lowest BCUT2D eigenvalue weighted by atomic mass is 9.92. The molecule has 1 aliphatic heterocycles. The minimum Gasteiger partial charge on any atom is -0.383 e. The van der Waals surface area contributed by atoms with Gasteiger partial charge in [0.05, 0.1) is 0 Å². The molecule has 2 atom stereocenters. The van der Waals surface area contributed by atoms with Gasteiger partial charge >= 0.3 is 0 Å². The van der Waals surface area contributed by atoms with E-state index in [2.05, 4.69) is 30.3 Å². The van der Waals surface area contributed by atoms with Crippen molar-refractivity contribution in [3.63, 3.8) is 0 Å². The zero-order valence-electron chi connectivity index (χ0n) is 8.07. The Morgan fingerprint density at radius 1 is 1.23 bits per heavy atom. The van der Waals surface area contributed by atoms with Crippen molar-refractivity contribution in [2.24, 2.45) is 0 Å². The summed E-state index contributed by atoms with van der Waals surface area (Å²) in [7, 11) is 1.17. The second-order valence-electron chi connectivity index (χ2n) is 3.81. The third-order valence-electron chi connectivity index (χ3n) is 2.76. The molecular formula is C11H16OSi. The van der Waals surface area contributed by atoms with E-state index in [0.717, 1.165) is 12.5 Å². The zero-order chi connectivity index (χ0) is 9.10. The number of benzene rings is 1. The summed E-state index contributed by atoms with van der Waals surface area (Å²) < 4.78 is 5.59. The second-order valence-corrected chi connectivity index (χ2v) is 5.10. The van der Waals surface area contributed by atoms with Gasteiger partial charge in [0, 0.05) is 22.6 Å². The Morgan fingerprint density at radius 2 is 2.00 bits per heavy atom. The molecule has 0 amide bonds. The van der Waals surface area contributed by atoms with Crippen LogP contribution in [-0.4, -0.2) is 22.6 Å². The van der Waals surface area contributed by atoms with Crippen molar-refractivity contribution in [2.75, 3.05) is 6.61 Å². The molecule has 0 bridgehead atoms. The Bertz CT molecular complexity index is 260. The van der Waals surface area contributed by atoms with Crippen molar-refractivity contribution in [3.8, 4) is 0 Å². The average molecular weight is 192 g/mol. The van der Waals surface area contributed by atoms with Crippen LogP contribution in [0.25, 0.3) is 0 Å². The zero-order valence-corrected chi connectivity index (χ0v) is 10.1. The maximum atomic E-state index is 5.59. The van der Waals surface area contributed by atoms with E-state index >= 15 is 0 Å². The SMILES string of the molecule is [SiH3]C1CC(c2ccccc2)CCO1. The Hall–Kier alpha value is -0.603. The first-order valence-electron chi connectivity index (χ1n) is 5.03. The smallest absolute Gasteiger partial charge is 0.0470 e. The molecule has 70 valence electrons. The average Bonchev–Trinajstić information content (AvgIpc) is 2.19. The number of ether oxygens (including phenoxy) is 1. The van der Waals surface area contributed by atoms with Crippen LogP contribution in [0.3, 0.4) is 0 Å². The normalized spacial score (nSPS) is 28.9. The summed E-state index contributed by atoms with van der Waals surface area (Å²) in [5, 5.41) is 0. The maximum absolute atomic E-state index is 5.59. The third kappa shape index (κ3) is 2.20. The fourth-order valence-electron chi connectivity index (χ4n) is 2.03. The molecule has 0 aliphatic carbocycles. The molecule has 0 spiro atoms. The topological polar surface area (TPSA) is 9.23 Å². The van der Waals surface area contributed by atoms with E-state index in [9.17, 15) is 0 Å².